The van der Waals surface area contributed by atoms with Crippen LogP contribution in [0.25, 0.3) is 0 Å². The van der Waals surface area contributed by atoms with Gasteiger partial charge in [0, 0.05) is 150 Å². The Kier molecular flexibility index (Phi) is 39.8. The summed E-state index contributed by atoms with van der Waals surface area (Å²) >= 11 is 12.6. The molecule has 5 aliphatic rings. The Bertz CT molecular complexity index is 6560. The van der Waals surface area contributed by atoms with E-state index in [4.69, 9.17) is 46.7 Å². The fourth-order valence-corrected chi connectivity index (χ4v) is 21.9. The van der Waals surface area contributed by atoms with E-state index in [1.807, 2.05) is 14.7 Å². The zero-order valence-electron chi connectivity index (χ0n) is 81.6. The number of ether oxygens (including phenoxy) is 3. The number of carbonyl (C=O) groups is 5. The molecule has 5 aliphatic heterocycles. The molecule has 10 amide bonds. The summed E-state index contributed by atoms with van der Waals surface area (Å²) in [4.78, 5) is 79.7. The second-order valence-electron chi connectivity index (χ2n) is 33.8. The van der Waals surface area contributed by atoms with Gasteiger partial charge >= 0.3 is 80.7 Å². The zero-order valence-corrected chi connectivity index (χ0v) is 89.6. The first-order chi connectivity index (χ1) is 68.6. The van der Waals surface area contributed by atoms with Gasteiger partial charge in [0.15, 0.2) is 11.5 Å². The van der Waals surface area contributed by atoms with E-state index in [0.29, 0.717) is 136 Å². The normalized spacial score (nSPS) is 14.5. The highest BCUT2D eigenvalue weighted by Crippen LogP contribution is 2.40. The second-order valence-corrected chi connectivity index (χ2v) is 43.7. The van der Waals surface area contributed by atoms with Crippen LogP contribution in [0, 0.1) is 32.4 Å². The minimum atomic E-state index is -4.10. The number of methoxy groups -OCH3 is 3. The Morgan fingerprint density at radius 2 is 0.562 bits per heavy atom. The van der Waals surface area contributed by atoms with Crippen molar-refractivity contribution in [3.05, 3.63) is 249 Å². The van der Waals surface area contributed by atoms with Gasteiger partial charge in [0.05, 0.1) is 30.3 Å². The lowest BCUT2D eigenvalue weighted by Gasteiger charge is -2.18. The topological polar surface area (TPSA) is 362 Å². The van der Waals surface area contributed by atoms with Gasteiger partial charge < -0.3 is 59.6 Å². The van der Waals surface area contributed by atoms with Crippen LogP contribution in [0.1, 0.15) is 116 Å². The van der Waals surface area contributed by atoms with Crippen molar-refractivity contribution in [1.82, 2.24) is 24.5 Å². The minimum Gasteiger partial charge on any atom is -0.494 e. The van der Waals surface area contributed by atoms with Crippen LogP contribution in [0.15, 0.2) is 240 Å². The smallest absolute Gasteiger partial charge is 0.339 e. The maximum Gasteiger partial charge on any atom is 0.339 e. The average molecular weight is 2230 g/mol. The van der Waals surface area contributed by atoms with Crippen molar-refractivity contribution < 1.29 is 110 Å². The van der Waals surface area contributed by atoms with Crippen molar-refractivity contribution in [3.63, 3.8) is 0 Å². The maximum atomic E-state index is 13.5. The van der Waals surface area contributed by atoms with E-state index in [0.717, 1.165) is 115 Å². The van der Waals surface area contributed by atoms with Crippen LogP contribution in [0.5, 0.6) is 46.0 Å². The number of unbranched alkanes of at least 4 members (excludes halogenated alkanes) is 5. The molecule has 10 aromatic carbocycles. The Labute approximate surface area is 863 Å². The van der Waals surface area contributed by atoms with Crippen molar-refractivity contribution in [2.45, 2.75) is 144 Å². The number of urea groups is 5. The van der Waals surface area contributed by atoms with Crippen LogP contribution >= 0.6 is 43.5 Å². The van der Waals surface area contributed by atoms with Crippen LogP contribution in [0.4, 0.5) is 61.2 Å². The molecule has 0 bridgehead atoms. The molecule has 10 aromatic rings. The summed E-state index contributed by atoms with van der Waals surface area (Å²) in [6, 6.07) is 49.8. The van der Waals surface area contributed by atoms with Gasteiger partial charge in [-0.25, -0.2) is 32.8 Å². The number of amides is 10. The molecule has 0 spiro atoms. The molecule has 774 valence electrons. The summed E-state index contributed by atoms with van der Waals surface area (Å²) in [5, 5.41) is 0.403. The quantitative estimate of drug-likeness (QED) is 0.0324. The van der Waals surface area contributed by atoms with Crippen molar-refractivity contribution in [1.29, 1.82) is 0 Å². The van der Waals surface area contributed by atoms with Gasteiger partial charge in [-0.05, 0) is 289 Å². The molecule has 15 rings (SSSR count). The molecule has 0 N–H and O–H groups in total. The SMILES string of the molecule is CCCCN1CCN(c2ccc(S(=O)(=O)Oc3cc(Br)c(OC)c(Br)c3)cc2)C1=O.CCCCN1CCN(c2ccc(S(=O)(=O)Oc3cc(C)cc(Cl)c3)cc2)C1=O.CCCCN1CCN(c2ccc(S(=O)(=O)Oc3cc(C)cc(F)c3)cc2)C1=O.CCCCN1CCN(c2ccc(S(=O)(=O)Oc3ccc(F)c(C)c3)cc2)C1=O.CCCCN1CCN(c2ccc(S(=O)(=O)Oc3ccc(OC)c(OC)c3)cc2)C1=O. The molecular formula is C101H117Br2ClF2N10O23S5. The molecule has 5 heterocycles. The molecular weight excluding hydrogens is 2110 g/mol. The van der Waals surface area contributed by atoms with E-state index in [1.54, 1.807) is 127 Å². The predicted molar refractivity (Wildman–Crippen MR) is 554 cm³/mol. The molecule has 0 unspecified atom stereocenters. The number of rotatable bonds is 38. The van der Waals surface area contributed by atoms with E-state index >= 15 is 0 Å². The maximum absolute atomic E-state index is 13.5. The van der Waals surface area contributed by atoms with Crippen LogP contribution in [-0.4, -0.2) is 216 Å². The van der Waals surface area contributed by atoms with E-state index < -0.39 is 62.2 Å². The Balaban J connectivity index is 0.000000172. The van der Waals surface area contributed by atoms with Crippen molar-refractivity contribution in [2.75, 3.05) is 144 Å². The fraction of sp³-hybridized carbons (Fsp3) is 0.356. The molecule has 0 aromatic heterocycles. The Hall–Kier alpha value is -12.2. The Morgan fingerprint density at radius 1 is 0.299 bits per heavy atom. The van der Waals surface area contributed by atoms with Crippen LogP contribution < -0.4 is 59.6 Å². The van der Waals surface area contributed by atoms with Gasteiger partial charge in [-0.15, -0.1) is 0 Å². The predicted octanol–water partition coefficient (Wildman–Crippen LogP) is 20.9. The monoisotopic (exact) mass is 2230 g/mol. The van der Waals surface area contributed by atoms with Crippen molar-refractivity contribution in [2.24, 2.45) is 0 Å². The van der Waals surface area contributed by atoms with Gasteiger partial charge in [0.1, 0.15) is 70.6 Å². The minimum absolute atomic E-state index is 0.00352. The van der Waals surface area contributed by atoms with Crippen LogP contribution in [0.3, 0.4) is 0 Å². The second kappa shape index (κ2) is 51.0. The van der Waals surface area contributed by atoms with Gasteiger partial charge in [0.25, 0.3) is 0 Å². The van der Waals surface area contributed by atoms with E-state index in [1.165, 1.54) is 144 Å². The summed E-state index contributed by atoms with van der Waals surface area (Å²) in [5.41, 5.74) is 4.90. The van der Waals surface area contributed by atoms with Gasteiger partial charge in [-0.3, -0.25) is 24.5 Å². The molecule has 33 nitrogen and oxygen atoms in total. The van der Waals surface area contributed by atoms with E-state index in [9.17, 15) is 74.8 Å². The first-order valence-corrected chi connectivity index (χ1v) is 55.7. The standard InChI is InChI=1S/C21H26N2O6S.C20H22Br2N2O5S.C20H23ClN2O4S.2C20H23FN2O4S/c1-4-5-12-22-13-14-23(21(22)24)16-6-9-18(10-7-16)30(25,26)29-17-8-11-19(27-2)20(15-17)28-3;1-3-4-9-23-10-11-24(20(23)25)14-5-7-16(8-6-14)30(26,27)29-15-12-17(21)19(28-2)18(22)13-15;1-3-4-9-22-10-11-23(20(22)24)17-5-7-19(8-6-17)28(25,26)27-18-13-15(2)12-16(21)14-18;1-3-4-11-22-12-13-23(20(22)24)16-5-8-18(9-6-16)28(25,26)27-17-7-10-19(21)15(2)14-17;1-3-4-9-22-10-11-23(20(22)24)17-5-7-19(8-6-17)28(25,26)27-18-13-15(2)12-16(21)14-18/h6-11,15H,4-5,12-14H2,1-3H3;5-8,12-13H,3-4,9-11H2,1-2H3;5-8,12-14H,3-4,9-11H2,1-2H3;5-10,14H,3-4,11-13H2,1-2H3;5-8,12-14H,3-4,9-11H2,1-2H3. The molecule has 0 radical (unpaired) electrons. The number of anilines is 5. The largest absolute Gasteiger partial charge is 0.494 e. The summed E-state index contributed by atoms with van der Waals surface area (Å²) in [7, 11) is -15.8. The summed E-state index contributed by atoms with van der Waals surface area (Å²) in [5.74, 6) is 0.737. The lowest BCUT2D eigenvalue weighted by atomic mass is 10.2. The third kappa shape index (κ3) is 29.6. The summed E-state index contributed by atoms with van der Waals surface area (Å²) in [6.07, 6.45) is 9.92. The zero-order chi connectivity index (χ0) is 105. The third-order valence-corrected chi connectivity index (χ3v) is 31.0. The number of benzene rings is 10. The van der Waals surface area contributed by atoms with E-state index in [-0.39, 0.29) is 83.4 Å². The first-order valence-electron chi connectivity index (χ1n) is 46.7. The van der Waals surface area contributed by atoms with Gasteiger partial charge in [-0.2, -0.15) is 42.1 Å². The lowest BCUT2D eigenvalue weighted by molar-refractivity contribution is 0.219. The molecule has 0 atom stereocenters. The number of halogens is 5. The molecule has 43 heteroatoms. The lowest BCUT2D eigenvalue weighted by Crippen LogP contribution is -2.32. The van der Waals surface area contributed by atoms with Crippen molar-refractivity contribution in [3.8, 4) is 46.0 Å². The number of aryl methyl sites for hydroxylation is 3. The van der Waals surface area contributed by atoms with Gasteiger partial charge in [0.2, 0.25) is 0 Å². The first kappa shape index (κ1) is 112. The number of carbonyl (C=O) groups excluding carboxylic acids is 5. The molecule has 5 fully saturated rings. The molecule has 5 saturated heterocycles. The van der Waals surface area contributed by atoms with Gasteiger partial charge in [-0.1, -0.05) is 78.3 Å². The van der Waals surface area contributed by atoms with E-state index in [2.05, 4.69) is 66.5 Å². The third-order valence-electron chi connectivity index (χ3n) is 23.3. The number of hydrogen-bond acceptors (Lipinski definition) is 23. The average Bonchev–Trinajstić information content (AvgIpc) is 1.29. The fourth-order valence-electron chi connectivity index (χ4n) is 15.6. The number of nitrogens with zero attached hydrogens (tertiary/aromatic N) is 10. The molecule has 144 heavy (non-hydrogen) atoms. The molecule has 0 saturated carbocycles. The highest BCUT2D eigenvalue weighted by atomic mass is 79.9. The highest BCUT2D eigenvalue weighted by Gasteiger charge is 2.36. The molecule has 0 aliphatic carbocycles. The van der Waals surface area contributed by atoms with Crippen molar-refractivity contribution >= 4 is 153 Å². The summed E-state index contributed by atoms with van der Waals surface area (Å²) < 4.78 is 195. The van der Waals surface area contributed by atoms with Crippen LogP contribution in [0.2, 0.25) is 5.02 Å². The number of hydrogen-bond donors (Lipinski definition) is 0. The summed E-state index contributed by atoms with van der Waals surface area (Å²) in [6.45, 7) is 25.3. The Morgan fingerprint density at radius 3 is 0.826 bits per heavy atom. The van der Waals surface area contributed by atoms with Crippen LogP contribution in [-0.2, 0) is 50.6 Å². The highest BCUT2D eigenvalue weighted by molar-refractivity contribution is 9.11.